The van der Waals surface area contributed by atoms with Crippen LogP contribution in [0.5, 0.6) is 0 Å². The van der Waals surface area contributed by atoms with Crippen LogP contribution in [0.15, 0.2) is 6.07 Å². The Morgan fingerprint density at radius 3 is 2.65 bits per heavy atom. The molecule has 0 aliphatic rings. The smallest absolute Gasteiger partial charge is 0.245 e. The Bertz CT molecular complexity index is 367. The van der Waals surface area contributed by atoms with Gasteiger partial charge in [0.1, 0.15) is 0 Å². The van der Waals surface area contributed by atoms with E-state index in [1.54, 1.807) is 11.6 Å². The Morgan fingerprint density at radius 1 is 1.65 bits per heavy atom. The van der Waals surface area contributed by atoms with E-state index < -0.39 is 5.54 Å². The summed E-state index contributed by atoms with van der Waals surface area (Å²) < 4.78 is 1.71. The number of nitrogens with one attached hydrogen (secondary N) is 1. The summed E-state index contributed by atoms with van der Waals surface area (Å²) in [7, 11) is 1.83. The van der Waals surface area contributed by atoms with Crippen molar-refractivity contribution >= 4 is 24.1 Å². The van der Waals surface area contributed by atoms with Crippen LogP contribution < -0.4 is 11.1 Å². The molecule has 0 spiro atoms. The Hall–Kier alpha value is -1.07. The van der Waals surface area contributed by atoms with Crippen molar-refractivity contribution in [3.63, 3.8) is 0 Å². The van der Waals surface area contributed by atoms with Crippen LogP contribution in [0, 0.1) is 6.92 Å². The predicted octanol–water partition coefficient (Wildman–Crippen LogP) is 1.61. The van der Waals surface area contributed by atoms with E-state index in [0.717, 1.165) is 12.1 Å². The van der Waals surface area contributed by atoms with Crippen molar-refractivity contribution in [2.75, 3.05) is 5.32 Å². The summed E-state index contributed by atoms with van der Waals surface area (Å²) >= 11 is 0. The predicted molar refractivity (Wildman–Crippen MR) is 71.3 cm³/mol. The van der Waals surface area contributed by atoms with Gasteiger partial charge in [0.15, 0.2) is 5.82 Å². The highest BCUT2D eigenvalue weighted by atomic mass is 35.5. The topological polar surface area (TPSA) is 72.9 Å². The van der Waals surface area contributed by atoms with Crippen molar-refractivity contribution in [2.24, 2.45) is 12.8 Å². The van der Waals surface area contributed by atoms with Crippen molar-refractivity contribution < 1.29 is 4.79 Å². The van der Waals surface area contributed by atoms with E-state index in [2.05, 4.69) is 10.4 Å². The largest absolute Gasteiger partial charge is 0.318 e. The molecule has 1 amide bonds. The van der Waals surface area contributed by atoms with E-state index in [9.17, 15) is 4.79 Å². The van der Waals surface area contributed by atoms with Crippen molar-refractivity contribution in [2.45, 2.75) is 39.2 Å². The van der Waals surface area contributed by atoms with Gasteiger partial charge in [-0.1, -0.05) is 13.3 Å². The molecule has 1 rings (SSSR count). The molecule has 0 radical (unpaired) electrons. The highest BCUT2D eigenvalue weighted by molar-refractivity contribution is 5.96. The molecule has 0 bridgehead atoms. The third kappa shape index (κ3) is 4.02. The number of carbonyl (C=O) groups excluding carboxylic acids is 1. The summed E-state index contributed by atoms with van der Waals surface area (Å²) in [6.07, 6.45) is 1.53. The number of carbonyl (C=O) groups is 1. The van der Waals surface area contributed by atoms with E-state index in [0.29, 0.717) is 12.2 Å². The summed E-state index contributed by atoms with van der Waals surface area (Å²) in [5.74, 6) is 0.366. The first kappa shape index (κ1) is 15.9. The standard InChI is InChI=1S/C11H20N4O.ClH/c1-5-6-11(3,12)10(16)13-9-7-8(2)15(4)14-9;/h7H,5-6,12H2,1-4H3,(H,13,14,16);1H. The number of nitrogens with zero attached hydrogens (tertiary/aromatic N) is 2. The van der Waals surface area contributed by atoms with Gasteiger partial charge in [-0.05, 0) is 20.3 Å². The van der Waals surface area contributed by atoms with Gasteiger partial charge in [0, 0.05) is 18.8 Å². The fraction of sp³-hybridized carbons (Fsp3) is 0.636. The Labute approximate surface area is 108 Å². The average Bonchev–Trinajstić information content (AvgIpc) is 2.45. The molecule has 0 aliphatic heterocycles. The zero-order valence-electron chi connectivity index (χ0n) is 10.8. The van der Waals surface area contributed by atoms with Crippen molar-refractivity contribution in [1.29, 1.82) is 0 Å². The number of amides is 1. The molecular formula is C11H21ClN4O. The number of aromatic nitrogens is 2. The number of aryl methyl sites for hydroxylation is 2. The lowest BCUT2D eigenvalue weighted by Crippen LogP contribution is -2.48. The molecule has 6 heteroatoms. The maximum atomic E-state index is 11.9. The van der Waals surface area contributed by atoms with Crippen molar-refractivity contribution in [3.8, 4) is 0 Å². The third-order valence-corrected chi connectivity index (χ3v) is 2.64. The maximum absolute atomic E-state index is 11.9. The summed E-state index contributed by atoms with van der Waals surface area (Å²) in [4.78, 5) is 11.9. The number of anilines is 1. The van der Waals surface area contributed by atoms with Gasteiger partial charge in [-0.25, -0.2) is 0 Å². The molecule has 0 aromatic carbocycles. The first-order valence-corrected chi connectivity index (χ1v) is 5.48. The molecule has 1 aromatic rings. The lowest BCUT2D eigenvalue weighted by atomic mass is 9.97. The highest BCUT2D eigenvalue weighted by Gasteiger charge is 2.27. The van der Waals surface area contributed by atoms with Gasteiger partial charge < -0.3 is 11.1 Å². The molecule has 98 valence electrons. The second-order valence-electron chi connectivity index (χ2n) is 4.42. The number of halogens is 1. The number of hydrogen-bond acceptors (Lipinski definition) is 3. The lowest BCUT2D eigenvalue weighted by Gasteiger charge is -2.21. The summed E-state index contributed by atoms with van der Waals surface area (Å²) in [6, 6.07) is 1.82. The first-order valence-electron chi connectivity index (χ1n) is 5.48. The molecule has 1 unspecified atom stereocenters. The molecule has 0 saturated carbocycles. The summed E-state index contributed by atoms with van der Waals surface area (Å²) in [6.45, 7) is 5.67. The van der Waals surface area contributed by atoms with E-state index in [1.807, 2.05) is 27.0 Å². The average molecular weight is 261 g/mol. The number of hydrogen-bond donors (Lipinski definition) is 2. The maximum Gasteiger partial charge on any atom is 0.245 e. The quantitative estimate of drug-likeness (QED) is 0.864. The zero-order chi connectivity index (χ0) is 12.3. The van der Waals surface area contributed by atoms with Crippen LogP contribution in [0.3, 0.4) is 0 Å². The van der Waals surface area contributed by atoms with Gasteiger partial charge in [0.05, 0.1) is 5.54 Å². The fourth-order valence-electron chi connectivity index (χ4n) is 1.51. The minimum Gasteiger partial charge on any atom is -0.318 e. The molecule has 17 heavy (non-hydrogen) atoms. The van der Waals surface area contributed by atoms with Gasteiger partial charge in [0.2, 0.25) is 5.91 Å². The molecule has 0 saturated heterocycles. The van der Waals surface area contributed by atoms with E-state index in [4.69, 9.17) is 5.73 Å². The highest BCUT2D eigenvalue weighted by Crippen LogP contribution is 2.13. The van der Waals surface area contributed by atoms with Crippen LogP contribution in [0.4, 0.5) is 5.82 Å². The van der Waals surface area contributed by atoms with Crippen molar-refractivity contribution in [3.05, 3.63) is 11.8 Å². The van der Waals surface area contributed by atoms with Crippen LogP contribution in [-0.4, -0.2) is 21.2 Å². The summed E-state index contributed by atoms with van der Waals surface area (Å²) in [5.41, 5.74) is 6.07. The second kappa shape index (κ2) is 6.02. The lowest BCUT2D eigenvalue weighted by molar-refractivity contribution is -0.120. The van der Waals surface area contributed by atoms with Gasteiger partial charge >= 0.3 is 0 Å². The van der Waals surface area contributed by atoms with E-state index >= 15 is 0 Å². The van der Waals surface area contributed by atoms with Gasteiger partial charge in [-0.15, -0.1) is 12.4 Å². The minimum absolute atomic E-state index is 0. The minimum atomic E-state index is -0.833. The molecule has 1 atom stereocenters. The van der Waals surface area contributed by atoms with Gasteiger partial charge in [0.25, 0.3) is 0 Å². The Morgan fingerprint density at radius 2 is 2.24 bits per heavy atom. The monoisotopic (exact) mass is 260 g/mol. The Balaban J connectivity index is 0.00000256. The normalized spacial score (nSPS) is 13.7. The SMILES string of the molecule is CCCC(C)(N)C(=O)Nc1cc(C)n(C)n1.Cl. The molecule has 5 nitrogen and oxygen atoms in total. The van der Waals surface area contributed by atoms with E-state index in [-0.39, 0.29) is 18.3 Å². The van der Waals surface area contributed by atoms with Crippen LogP contribution in [-0.2, 0) is 11.8 Å². The van der Waals surface area contributed by atoms with Crippen molar-refractivity contribution in [1.82, 2.24) is 9.78 Å². The molecule has 1 aromatic heterocycles. The Kier molecular flexibility index (Phi) is 5.64. The third-order valence-electron chi connectivity index (χ3n) is 2.64. The zero-order valence-corrected chi connectivity index (χ0v) is 11.6. The van der Waals surface area contributed by atoms with Crippen LogP contribution >= 0.6 is 12.4 Å². The summed E-state index contributed by atoms with van der Waals surface area (Å²) in [5, 5.41) is 6.89. The molecule has 0 aliphatic carbocycles. The van der Waals surface area contributed by atoms with Crippen LogP contribution in [0.2, 0.25) is 0 Å². The first-order chi connectivity index (χ1) is 7.36. The molecule has 3 N–H and O–H groups in total. The van der Waals surface area contributed by atoms with Crippen LogP contribution in [0.25, 0.3) is 0 Å². The van der Waals surface area contributed by atoms with Crippen LogP contribution in [0.1, 0.15) is 32.4 Å². The van der Waals surface area contributed by atoms with E-state index in [1.165, 1.54) is 0 Å². The number of nitrogens with two attached hydrogens (primary N) is 1. The van der Waals surface area contributed by atoms with Gasteiger partial charge in [-0.3, -0.25) is 9.48 Å². The van der Waals surface area contributed by atoms with Gasteiger partial charge in [-0.2, -0.15) is 5.10 Å². The molecule has 1 heterocycles. The second-order valence-corrected chi connectivity index (χ2v) is 4.42. The molecular weight excluding hydrogens is 240 g/mol. The molecule has 0 fully saturated rings. The number of rotatable bonds is 4. The fourth-order valence-corrected chi connectivity index (χ4v) is 1.51.